The van der Waals surface area contributed by atoms with Crippen molar-refractivity contribution in [2.45, 2.75) is 25.9 Å². The zero-order valence-corrected chi connectivity index (χ0v) is 13.1. The smallest absolute Gasteiger partial charge is 0.197 e. The molecule has 5 nitrogen and oxygen atoms in total. The number of nitrogens with zero attached hydrogens (tertiary/aromatic N) is 5. The number of aromatic nitrogens is 4. The Bertz CT molecular complexity index is 787. The summed E-state index contributed by atoms with van der Waals surface area (Å²) in [4.78, 5) is 19.6. The monoisotopic (exact) mass is 303 g/mol. The molecule has 2 unspecified atom stereocenters. The van der Waals surface area contributed by atoms with Crippen LogP contribution in [-0.4, -0.2) is 19.9 Å². The van der Waals surface area contributed by atoms with Crippen LogP contribution in [0.25, 0.3) is 11.6 Å². The Morgan fingerprint density at radius 1 is 0.739 bits per heavy atom. The largest absolute Gasteiger partial charge is 0.355 e. The van der Waals surface area contributed by atoms with Gasteiger partial charge >= 0.3 is 0 Å². The summed E-state index contributed by atoms with van der Waals surface area (Å²) >= 11 is 0. The van der Waals surface area contributed by atoms with Crippen LogP contribution >= 0.6 is 0 Å². The van der Waals surface area contributed by atoms with Crippen LogP contribution in [-0.2, 0) is 0 Å². The standard InChI is InChI=1S/C18H17N5/c1-12-15-6-3-4-7-16(15)13(2)23(12)14-10-21-18(22-11-14)17-19-8-5-9-20-17/h3-13H,1-2H3. The number of fused-ring (bicyclic) bond motifs is 1. The maximum atomic E-state index is 4.45. The summed E-state index contributed by atoms with van der Waals surface area (Å²) < 4.78 is 0. The SMILES string of the molecule is CC1c2ccccc2C(C)N1c1cnc(-c2ncccn2)nc1. The first-order valence-corrected chi connectivity index (χ1v) is 7.72. The molecular formula is C18H17N5. The lowest BCUT2D eigenvalue weighted by Crippen LogP contribution is -2.22. The average molecular weight is 303 g/mol. The number of anilines is 1. The minimum atomic E-state index is 0.309. The second-order valence-electron chi connectivity index (χ2n) is 5.73. The maximum absolute atomic E-state index is 4.45. The lowest BCUT2D eigenvalue weighted by atomic mass is 10.0. The molecule has 1 aliphatic heterocycles. The molecule has 0 saturated carbocycles. The van der Waals surface area contributed by atoms with Crippen LogP contribution < -0.4 is 4.90 Å². The van der Waals surface area contributed by atoms with Crippen LogP contribution in [0.5, 0.6) is 0 Å². The summed E-state index contributed by atoms with van der Waals surface area (Å²) in [5.74, 6) is 1.09. The van der Waals surface area contributed by atoms with Gasteiger partial charge in [-0.1, -0.05) is 24.3 Å². The highest BCUT2D eigenvalue weighted by molar-refractivity contribution is 5.56. The van der Waals surface area contributed by atoms with Crippen molar-refractivity contribution in [1.82, 2.24) is 19.9 Å². The third kappa shape index (κ3) is 2.25. The molecule has 3 aromatic rings. The molecule has 2 aromatic heterocycles. The molecule has 1 aliphatic rings. The maximum Gasteiger partial charge on any atom is 0.197 e. The lowest BCUT2D eigenvalue weighted by molar-refractivity contribution is 0.648. The molecule has 5 heteroatoms. The lowest BCUT2D eigenvalue weighted by Gasteiger charge is -2.28. The van der Waals surface area contributed by atoms with Crippen molar-refractivity contribution in [1.29, 1.82) is 0 Å². The molecule has 0 radical (unpaired) electrons. The molecule has 0 fully saturated rings. The van der Waals surface area contributed by atoms with E-state index in [-0.39, 0.29) is 0 Å². The van der Waals surface area contributed by atoms with Gasteiger partial charge in [-0.3, -0.25) is 0 Å². The predicted octanol–water partition coefficient (Wildman–Crippen LogP) is 3.58. The topological polar surface area (TPSA) is 54.8 Å². The van der Waals surface area contributed by atoms with E-state index in [0.29, 0.717) is 23.7 Å². The third-order valence-electron chi connectivity index (χ3n) is 4.43. The number of rotatable bonds is 2. The second kappa shape index (κ2) is 5.43. The Hall–Kier alpha value is -2.82. The molecule has 2 atom stereocenters. The highest BCUT2D eigenvalue weighted by atomic mass is 15.2. The van der Waals surface area contributed by atoms with Gasteiger partial charge < -0.3 is 4.90 Å². The van der Waals surface area contributed by atoms with Crippen molar-refractivity contribution < 1.29 is 0 Å². The van der Waals surface area contributed by atoms with Crippen LogP contribution in [0.3, 0.4) is 0 Å². The van der Waals surface area contributed by atoms with Crippen molar-refractivity contribution in [2.24, 2.45) is 0 Å². The van der Waals surface area contributed by atoms with E-state index in [2.05, 4.69) is 62.9 Å². The first-order valence-electron chi connectivity index (χ1n) is 7.72. The van der Waals surface area contributed by atoms with Gasteiger partial charge in [-0.25, -0.2) is 19.9 Å². The molecule has 23 heavy (non-hydrogen) atoms. The van der Waals surface area contributed by atoms with E-state index in [4.69, 9.17) is 0 Å². The van der Waals surface area contributed by atoms with Crippen molar-refractivity contribution in [3.8, 4) is 11.6 Å². The molecule has 0 amide bonds. The number of hydrogen-bond donors (Lipinski definition) is 0. The normalized spacial score (nSPS) is 19.7. The summed E-state index contributed by atoms with van der Waals surface area (Å²) in [5.41, 5.74) is 3.76. The Morgan fingerprint density at radius 3 is 1.83 bits per heavy atom. The molecule has 0 N–H and O–H groups in total. The first kappa shape index (κ1) is 13.8. The summed E-state index contributed by atoms with van der Waals surface area (Å²) in [7, 11) is 0. The molecule has 4 rings (SSSR count). The first-order chi connectivity index (χ1) is 11.3. The minimum absolute atomic E-state index is 0.309. The molecule has 1 aromatic carbocycles. The minimum Gasteiger partial charge on any atom is -0.355 e. The van der Waals surface area contributed by atoms with Crippen molar-refractivity contribution in [3.63, 3.8) is 0 Å². The molecule has 0 spiro atoms. The fourth-order valence-electron chi connectivity index (χ4n) is 3.34. The van der Waals surface area contributed by atoms with Gasteiger partial charge in [0.25, 0.3) is 0 Å². The predicted molar refractivity (Wildman–Crippen MR) is 88.8 cm³/mol. The van der Waals surface area contributed by atoms with Crippen molar-refractivity contribution in [3.05, 3.63) is 66.2 Å². The Labute approximate surface area is 135 Å². The van der Waals surface area contributed by atoms with Crippen LogP contribution in [0.2, 0.25) is 0 Å². The highest BCUT2D eigenvalue weighted by Gasteiger charge is 2.33. The highest BCUT2D eigenvalue weighted by Crippen LogP contribution is 2.43. The molecular weight excluding hydrogens is 286 g/mol. The zero-order valence-electron chi connectivity index (χ0n) is 13.1. The summed E-state index contributed by atoms with van der Waals surface area (Å²) in [6.45, 7) is 4.44. The van der Waals surface area contributed by atoms with E-state index >= 15 is 0 Å². The third-order valence-corrected chi connectivity index (χ3v) is 4.43. The van der Waals surface area contributed by atoms with E-state index < -0.39 is 0 Å². The molecule has 114 valence electrons. The second-order valence-corrected chi connectivity index (χ2v) is 5.73. The van der Waals surface area contributed by atoms with Crippen molar-refractivity contribution in [2.75, 3.05) is 4.90 Å². The molecule has 0 saturated heterocycles. The van der Waals surface area contributed by atoms with E-state index in [1.807, 2.05) is 12.4 Å². The molecule has 0 aliphatic carbocycles. The van der Waals surface area contributed by atoms with Gasteiger partial charge in [-0.15, -0.1) is 0 Å². The zero-order chi connectivity index (χ0) is 15.8. The summed E-state index contributed by atoms with van der Waals surface area (Å²) in [6.07, 6.45) is 7.11. The van der Waals surface area contributed by atoms with E-state index in [1.54, 1.807) is 18.5 Å². The Balaban J connectivity index is 1.67. The summed E-state index contributed by atoms with van der Waals surface area (Å²) in [5, 5.41) is 0. The Morgan fingerprint density at radius 2 is 1.26 bits per heavy atom. The van der Waals surface area contributed by atoms with E-state index in [1.165, 1.54) is 11.1 Å². The van der Waals surface area contributed by atoms with Crippen LogP contribution in [0.1, 0.15) is 37.1 Å². The summed E-state index contributed by atoms with van der Waals surface area (Å²) in [6, 6.07) is 11.0. The van der Waals surface area contributed by atoms with Gasteiger partial charge in [0.2, 0.25) is 0 Å². The fourth-order valence-corrected chi connectivity index (χ4v) is 3.34. The van der Waals surface area contributed by atoms with Gasteiger partial charge in [-0.05, 0) is 31.0 Å². The molecule has 0 bridgehead atoms. The quantitative estimate of drug-likeness (QED) is 0.724. The number of hydrogen-bond acceptors (Lipinski definition) is 5. The fraction of sp³-hybridized carbons (Fsp3) is 0.222. The van der Waals surface area contributed by atoms with Crippen LogP contribution in [0.4, 0.5) is 5.69 Å². The Kier molecular flexibility index (Phi) is 3.26. The average Bonchev–Trinajstić information content (AvgIpc) is 2.87. The van der Waals surface area contributed by atoms with Crippen LogP contribution in [0.15, 0.2) is 55.1 Å². The van der Waals surface area contributed by atoms with Gasteiger partial charge in [0.15, 0.2) is 11.6 Å². The van der Waals surface area contributed by atoms with Crippen LogP contribution in [0, 0.1) is 0 Å². The van der Waals surface area contributed by atoms with Gasteiger partial charge in [0.1, 0.15) is 0 Å². The number of benzene rings is 1. The van der Waals surface area contributed by atoms with Crippen molar-refractivity contribution >= 4 is 5.69 Å². The van der Waals surface area contributed by atoms with E-state index in [0.717, 1.165) is 5.69 Å². The molecule has 3 heterocycles. The van der Waals surface area contributed by atoms with Gasteiger partial charge in [-0.2, -0.15) is 0 Å². The van der Waals surface area contributed by atoms with Gasteiger partial charge in [0.05, 0.1) is 30.2 Å². The van der Waals surface area contributed by atoms with E-state index in [9.17, 15) is 0 Å². The van der Waals surface area contributed by atoms with Gasteiger partial charge in [0, 0.05) is 12.4 Å².